The molecule has 0 saturated heterocycles. The monoisotopic (exact) mass is 509 g/mol. The SMILES string of the molecule is O=C(CCCCn1c(=O)[nH]c2cc(Cc3ccccc3Cl)ccc2c1=O)NCc1ccccc1Cl. The number of nitrogens with one attached hydrogen (secondary N) is 2. The molecule has 180 valence electrons. The minimum atomic E-state index is -0.458. The lowest BCUT2D eigenvalue weighted by atomic mass is 10.0. The van der Waals surface area contributed by atoms with Crippen molar-refractivity contribution in [1.29, 1.82) is 0 Å². The van der Waals surface area contributed by atoms with Crippen molar-refractivity contribution in [2.45, 2.75) is 38.8 Å². The first kappa shape index (κ1) is 24.8. The average molecular weight is 510 g/mol. The van der Waals surface area contributed by atoms with Crippen LogP contribution in [0.1, 0.15) is 36.0 Å². The van der Waals surface area contributed by atoms with Crippen molar-refractivity contribution >= 4 is 40.0 Å². The van der Waals surface area contributed by atoms with E-state index in [1.54, 1.807) is 12.1 Å². The molecule has 3 aromatic carbocycles. The van der Waals surface area contributed by atoms with Crippen molar-refractivity contribution in [1.82, 2.24) is 14.9 Å². The van der Waals surface area contributed by atoms with E-state index in [-0.39, 0.29) is 18.0 Å². The Morgan fingerprint density at radius 1 is 0.886 bits per heavy atom. The van der Waals surface area contributed by atoms with E-state index in [9.17, 15) is 14.4 Å². The molecule has 1 amide bonds. The Hall–Kier alpha value is -3.35. The summed E-state index contributed by atoms with van der Waals surface area (Å²) in [5.41, 5.74) is 2.48. The molecule has 0 saturated carbocycles. The highest BCUT2D eigenvalue weighted by Gasteiger charge is 2.10. The van der Waals surface area contributed by atoms with Gasteiger partial charge in [0, 0.05) is 29.6 Å². The van der Waals surface area contributed by atoms with Crippen molar-refractivity contribution in [3.8, 4) is 0 Å². The summed E-state index contributed by atoms with van der Waals surface area (Å²) in [6.45, 7) is 0.601. The van der Waals surface area contributed by atoms with E-state index in [2.05, 4.69) is 10.3 Å². The molecule has 0 fully saturated rings. The third kappa shape index (κ3) is 6.21. The fourth-order valence-corrected chi connectivity index (χ4v) is 4.36. The van der Waals surface area contributed by atoms with E-state index in [1.807, 2.05) is 54.6 Å². The summed E-state index contributed by atoms with van der Waals surface area (Å²) in [5, 5.41) is 4.58. The number of fused-ring (bicyclic) bond motifs is 1. The van der Waals surface area contributed by atoms with Crippen LogP contribution in [0.3, 0.4) is 0 Å². The lowest BCUT2D eigenvalue weighted by molar-refractivity contribution is -0.121. The molecule has 4 rings (SSSR count). The van der Waals surface area contributed by atoms with Gasteiger partial charge in [0.2, 0.25) is 5.91 Å². The third-order valence-electron chi connectivity index (χ3n) is 5.87. The van der Waals surface area contributed by atoms with Crippen LogP contribution in [0.2, 0.25) is 10.0 Å². The van der Waals surface area contributed by atoms with Crippen molar-refractivity contribution in [2.24, 2.45) is 0 Å². The average Bonchev–Trinajstić information content (AvgIpc) is 2.84. The number of benzene rings is 3. The first-order valence-corrected chi connectivity index (χ1v) is 12.2. The molecule has 0 unspecified atom stereocenters. The molecule has 35 heavy (non-hydrogen) atoms. The molecule has 1 heterocycles. The second-order valence-corrected chi connectivity index (χ2v) is 9.17. The number of aromatic amines is 1. The fraction of sp³-hybridized carbons (Fsp3) is 0.222. The van der Waals surface area contributed by atoms with E-state index < -0.39 is 5.69 Å². The van der Waals surface area contributed by atoms with Crippen LogP contribution in [0.5, 0.6) is 0 Å². The van der Waals surface area contributed by atoms with Gasteiger partial charge in [-0.3, -0.25) is 14.2 Å². The van der Waals surface area contributed by atoms with Gasteiger partial charge in [0.15, 0.2) is 0 Å². The number of H-pyrrole nitrogens is 1. The Balaban J connectivity index is 1.35. The predicted octanol–water partition coefficient (Wildman–Crippen LogP) is 5.07. The highest BCUT2D eigenvalue weighted by molar-refractivity contribution is 6.31. The van der Waals surface area contributed by atoms with Crippen molar-refractivity contribution < 1.29 is 4.79 Å². The number of hydrogen-bond donors (Lipinski definition) is 2. The van der Waals surface area contributed by atoms with Gasteiger partial charge in [-0.05, 0) is 60.2 Å². The zero-order valence-electron chi connectivity index (χ0n) is 19.0. The van der Waals surface area contributed by atoms with Crippen LogP contribution in [0, 0.1) is 0 Å². The second-order valence-electron chi connectivity index (χ2n) is 8.36. The van der Waals surface area contributed by atoms with Gasteiger partial charge in [-0.25, -0.2) is 4.79 Å². The maximum atomic E-state index is 12.9. The topological polar surface area (TPSA) is 84.0 Å². The van der Waals surface area contributed by atoms with Crippen molar-refractivity contribution in [3.63, 3.8) is 0 Å². The molecular formula is C27H25Cl2N3O3. The van der Waals surface area contributed by atoms with Crippen LogP contribution < -0.4 is 16.6 Å². The Kier molecular flexibility index (Phi) is 8.06. The Morgan fingerprint density at radius 2 is 1.57 bits per heavy atom. The number of aromatic nitrogens is 2. The summed E-state index contributed by atoms with van der Waals surface area (Å²) in [4.78, 5) is 40.5. The van der Waals surface area contributed by atoms with Gasteiger partial charge in [-0.1, -0.05) is 65.7 Å². The van der Waals surface area contributed by atoms with Crippen molar-refractivity contribution in [2.75, 3.05) is 0 Å². The lowest BCUT2D eigenvalue weighted by Gasteiger charge is -2.09. The van der Waals surface area contributed by atoms with Crippen LogP contribution in [0.15, 0.2) is 76.3 Å². The molecule has 0 radical (unpaired) electrons. The number of unbranched alkanes of at least 4 members (excludes halogenated alkanes) is 1. The van der Waals surface area contributed by atoms with Crippen LogP contribution in [-0.4, -0.2) is 15.5 Å². The lowest BCUT2D eigenvalue weighted by Crippen LogP contribution is -2.35. The molecular weight excluding hydrogens is 485 g/mol. The summed E-state index contributed by atoms with van der Waals surface area (Å²) >= 11 is 12.4. The highest BCUT2D eigenvalue weighted by Crippen LogP contribution is 2.20. The standard InChI is InChI=1S/C27H25Cl2N3O3/c28-22-9-3-1-7-19(22)15-18-12-13-21-24(16-18)31-27(35)32(26(21)34)14-6-5-11-25(33)30-17-20-8-2-4-10-23(20)29/h1-4,7-10,12-13,16H,5-6,11,14-15,17H2,(H,30,33)(H,31,35). The number of halogens is 2. The maximum Gasteiger partial charge on any atom is 0.328 e. The van der Waals surface area contributed by atoms with Gasteiger partial charge >= 0.3 is 5.69 Å². The summed E-state index contributed by atoms with van der Waals surface area (Å²) in [6, 6.07) is 20.3. The predicted molar refractivity (Wildman–Crippen MR) is 140 cm³/mol. The van der Waals surface area contributed by atoms with E-state index in [1.165, 1.54) is 4.57 Å². The summed E-state index contributed by atoms with van der Waals surface area (Å²) < 4.78 is 1.19. The van der Waals surface area contributed by atoms with Crippen LogP contribution >= 0.6 is 23.2 Å². The molecule has 2 N–H and O–H groups in total. The number of carbonyl (C=O) groups is 1. The van der Waals surface area contributed by atoms with Gasteiger partial charge in [0.05, 0.1) is 10.9 Å². The fourth-order valence-electron chi connectivity index (χ4n) is 3.96. The van der Waals surface area contributed by atoms with Gasteiger partial charge < -0.3 is 10.3 Å². The Bertz CT molecular complexity index is 1480. The zero-order valence-corrected chi connectivity index (χ0v) is 20.5. The number of rotatable bonds is 9. The molecule has 0 atom stereocenters. The Labute approximate surface area is 212 Å². The molecule has 0 spiro atoms. The molecule has 0 aliphatic carbocycles. The smallest absolute Gasteiger partial charge is 0.328 e. The van der Waals surface area contributed by atoms with Gasteiger partial charge in [-0.2, -0.15) is 0 Å². The number of nitrogens with zero attached hydrogens (tertiary/aromatic N) is 1. The molecule has 1 aromatic heterocycles. The number of hydrogen-bond acceptors (Lipinski definition) is 3. The van der Waals surface area contributed by atoms with E-state index >= 15 is 0 Å². The maximum absolute atomic E-state index is 12.9. The minimum Gasteiger partial charge on any atom is -0.352 e. The first-order chi connectivity index (χ1) is 16.9. The molecule has 4 aromatic rings. The largest absolute Gasteiger partial charge is 0.352 e. The van der Waals surface area contributed by atoms with E-state index in [4.69, 9.17) is 23.2 Å². The zero-order chi connectivity index (χ0) is 24.8. The van der Waals surface area contributed by atoms with Gasteiger partial charge in [0.25, 0.3) is 5.56 Å². The minimum absolute atomic E-state index is 0.101. The number of amides is 1. The van der Waals surface area contributed by atoms with Crippen LogP contribution in [0.4, 0.5) is 0 Å². The molecule has 0 aliphatic heterocycles. The van der Waals surface area contributed by atoms with Crippen LogP contribution in [-0.2, 0) is 24.3 Å². The summed E-state index contributed by atoms with van der Waals surface area (Å²) in [6.07, 6.45) is 1.98. The third-order valence-corrected chi connectivity index (χ3v) is 6.61. The summed E-state index contributed by atoms with van der Waals surface area (Å²) in [7, 11) is 0. The normalized spacial score (nSPS) is 11.0. The quantitative estimate of drug-likeness (QED) is 0.308. The first-order valence-electron chi connectivity index (χ1n) is 11.4. The summed E-state index contributed by atoms with van der Waals surface area (Å²) in [5.74, 6) is -0.101. The van der Waals surface area contributed by atoms with Gasteiger partial charge in [0.1, 0.15) is 0 Å². The Morgan fingerprint density at radius 3 is 2.29 bits per heavy atom. The molecule has 6 nitrogen and oxygen atoms in total. The highest BCUT2D eigenvalue weighted by atomic mass is 35.5. The van der Waals surface area contributed by atoms with E-state index in [0.717, 1.165) is 16.7 Å². The molecule has 8 heteroatoms. The molecule has 0 bridgehead atoms. The molecule has 0 aliphatic rings. The van der Waals surface area contributed by atoms with Crippen molar-refractivity contribution in [3.05, 3.63) is 114 Å². The van der Waals surface area contributed by atoms with E-state index in [0.29, 0.717) is 53.2 Å². The van der Waals surface area contributed by atoms with Gasteiger partial charge in [-0.15, -0.1) is 0 Å². The second kappa shape index (κ2) is 11.4. The number of carbonyl (C=O) groups excluding carboxylic acids is 1. The van der Waals surface area contributed by atoms with Crippen LogP contribution in [0.25, 0.3) is 10.9 Å².